The summed E-state index contributed by atoms with van der Waals surface area (Å²) in [6, 6.07) is 0. The average molecular weight is 667 g/mol. The van der Waals surface area contributed by atoms with E-state index < -0.39 is 5.97 Å². The second-order valence-electron chi connectivity index (χ2n) is 13.9. The minimum Gasteiger partial charge on any atom is -0.481 e. The highest BCUT2D eigenvalue weighted by atomic mass is 16.6. The monoisotopic (exact) mass is 667 g/mol. The predicted molar refractivity (Wildman–Crippen MR) is 198 cm³/mol. The molecule has 0 saturated heterocycles. The summed E-state index contributed by atoms with van der Waals surface area (Å²) < 4.78 is 17.7. The Labute approximate surface area is 291 Å². The van der Waals surface area contributed by atoms with E-state index in [1.54, 1.807) is 0 Å². The molecule has 6 heteroatoms. The van der Waals surface area contributed by atoms with E-state index in [1.807, 2.05) is 5.94 Å². The van der Waals surface area contributed by atoms with Crippen LogP contribution in [0.2, 0.25) is 0 Å². The molecule has 0 heterocycles. The third-order valence-corrected chi connectivity index (χ3v) is 9.11. The third kappa shape index (κ3) is 37.3. The van der Waals surface area contributed by atoms with E-state index in [4.69, 9.17) is 19.3 Å². The van der Waals surface area contributed by atoms with E-state index in [9.17, 15) is 9.59 Å². The second-order valence-corrected chi connectivity index (χ2v) is 13.9. The maximum atomic E-state index is 11.4. The van der Waals surface area contributed by atoms with Gasteiger partial charge in [-0.2, -0.15) is 0 Å². The summed E-state index contributed by atoms with van der Waals surface area (Å²) in [7, 11) is 0. The number of aliphatic carboxylic acids is 1. The Kier molecular flexibility index (Phi) is 38.0. The van der Waals surface area contributed by atoms with Gasteiger partial charge in [0, 0.05) is 26.1 Å². The van der Waals surface area contributed by atoms with Gasteiger partial charge in [-0.05, 0) is 19.3 Å². The highest BCUT2D eigenvalue weighted by molar-refractivity contribution is 5.66. The van der Waals surface area contributed by atoms with Crippen molar-refractivity contribution < 1.29 is 28.9 Å². The van der Waals surface area contributed by atoms with Crippen molar-refractivity contribution >= 4 is 11.9 Å². The minimum absolute atomic E-state index is 0.00442. The number of hydrogen-bond donors (Lipinski definition) is 1. The van der Waals surface area contributed by atoms with Crippen LogP contribution < -0.4 is 0 Å². The molecule has 0 rings (SSSR count). The molecule has 6 nitrogen and oxygen atoms in total. The van der Waals surface area contributed by atoms with Crippen molar-refractivity contribution in [2.24, 2.45) is 0 Å². The van der Waals surface area contributed by atoms with Crippen molar-refractivity contribution in [3.05, 3.63) is 5.76 Å². The lowest BCUT2D eigenvalue weighted by molar-refractivity contribution is -0.137. The number of carbonyl (C=O) groups excluding carboxylic acids is 1. The Hall–Kier alpha value is -1.36. The van der Waals surface area contributed by atoms with Gasteiger partial charge in [0.05, 0.1) is 13.2 Å². The summed E-state index contributed by atoms with van der Waals surface area (Å²) in [5, 5.41) is 8.91. The molecule has 0 aliphatic carbocycles. The molecule has 0 atom stereocenters. The standard InChI is InChI=1S/C41H78O6/c1-3-5-7-9-11-13-15-17-19-21-23-25-27-29-34-45-37-40(47-39(36-42)32-31-33-41(43)44)38-46-35-30-28-26-24-22-20-18-16-14-12-10-8-6-4-2/h40H,3-35,37-38H2,1-2H3,(H,43,44). The first kappa shape index (κ1) is 45.6. The number of carboxylic acid groups (broad SMARTS) is 1. The summed E-state index contributed by atoms with van der Waals surface area (Å²) in [5.74, 6) is 1.15. The zero-order chi connectivity index (χ0) is 34.3. The average Bonchev–Trinajstić information content (AvgIpc) is 3.06. The van der Waals surface area contributed by atoms with Crippen LogP contribution in [-0.4, -0.2) is 49.5 Å². The Morgan fingerprint density at radius 3 is 1.11 bits per heavy atom. The Bertz CT molecular complexity index is 653. The first-order valence-electron chi connectivity index (χ1n) is 20.4. The lowest BCUT2D eigenvalue weighted by Crippen LogP contribution is -2.26. The zero-order valence-corrected chi connectivity index (χ0v) is 31.3. The van der Waals surface area contributed by atoms with E-state index in [0.717, 1.165) is 12.8 Å². The molecule has 0 aromatic rings. The predicted octanol–water partition coefficient (Wildman–Crippen LogP) is 12.3. The fourth-order valence-electron chi connectivity index (χ4n) is 6.08. The molecular formula is C41H78O6. The number of rotatable bonds is 40. The SMILES string of the molecule is CCCCCCCCCCCCCCCCOCC(COCCCCCCCCCCCCCCCC)OC(=C=O)CCCC(=O)O. The molecule has 0 aromatic carbocycles. The molecule has 0 bridgehead atoms. The summed E-state index contributed by atoms with van der Waals surface area (Å²) >= 11 is 0. The number of hydrogen-bond acceptors (Lipinski definition) is 5. The van der Waals surface area contributed by atoms with Gasteiger partial charge in [-0.1, -0.05) is 181 Å². The summed E-state index contributed by atoms with van der Waals surface area (Å²) in [5.41, 5.74) is 0. The van der Waals surface area contributed by atoms with Crippen LogP contribution in [0.3, 0.4) is 0 Å². The molecule has 0 aliphatic heterocycles. The quantitative estimate of drug-likeness (QED) is 0.0398. The summed E-state index contributed by atoms with van der Waals surface area (Å²) in [6.45, 7) is 6.63. The third-order valence-electron chi connectivity index (χ3n) is 9.11. The lowest BCUT2D eigenvalue weighted by atomic mass is 10.0. The smallest absolute Gasteiger partial charge is 0.303 e. The van der Waals surface area contributed by atoms with Crippen molar-refractivity contribution in [2.75, 3.05) is 26.4 Å². The fourth-order valence-corrected chi connectivity index (χ4v) is 6.08. The number of unbranched alkanes of at least 4 members (excludes halogenated alkanes) is 26. The van der Waals surface area contributed by atoms with Crippen LogP contribution in [0.4, 0.5) is 0 Å². The molecule has 0 fully saturated rings. The van der Waals surface area contributed by atoms with Gasteiger partial charge in [0.15, 0.2) is 11.7 Å². The van der Waals surface area contributed by atoms with E-state index >= 15 is 0 Å². The Balaban J connectivity index is 3.98. The number of carbonyl (C=O) groups is 1. The molecule has 278 valence electrons. The van der Waals surface area contributed by atoms with Gasteiger partial charge in [0.2, 0.25) is 0 Å². The van der Waals surface area contributed by atoms with Crippen molar-refractivity contribution in [2.45, 2.75) is 219 Å². The first-order valence-corrected chi connectivity index (χ1v) is 20.4. The van der Waals surface area contributed by atoms with Gasteiger partial charge >= 0.3 is 5.97 Å². The Morgan fingerprint density at radius 2 is 0.809 bits per heavy atom. The van der Waals surface area contributed by atoms with E-state index in [1.165, 1.54) is 167 Å². The first-order chi connectivity index (χ1) is 23.1. The van der Waals surface area contributed by atoms with Crippen LogP contribution in [0.25, 0.3) is 0 Å². The maximum absolute atomic E-state index is 11.4. The number of ether oxygens (including phenoxy) is 3. The largest absolute Gasteiger partial charge is 0.481 e. The lowest BCUT2D eigenvalue weighted by Gasteiger charge is -2.20. The molecule has 0 saturated carbocycles. The van der Waals surface area contributed by atoms with Crippen LogP contribution in [-0.2, 0) is 23.8 Å². The molecule has 1 N–H and O–H groups in total. The van der Waals surface area contributed by atoms with Gasteiger partial charge in [0.25, 0.3) is 0 Å². The van der Waals surface area contributed by atoms with Crippen molar-refractivity contribution in [1.82, 2.24) is 0 Å². The maximum Gasteiger partial charge on any atom is 0.303 e. The second kappa shape index (κ2) is 39.1. The van der Waals surface area contributed by atoms with Gasteiger partial charge in [-0.25, -0.2) is 4.79 Å². The van der Waals surface area contributed by atoms with E-state index in [-0.39, 0.29) is 24.7 Å². The fraction of sp³-hybridized carbons (Fsp3) is 0.927. The van der Waals surface area contributed by atoms with Crippen molar-refractivity contribution in [1.29, 1.82) is 0 Å². The Morgan fingerprint density at radius 1 is 0.489 bits per heavy atom. The number of allylic oxidation sites excluding steroid dienone is 1. The van der Waals surface area contributed by atoms with Crippen molar-refractivity contribution in [3.8, 4) is 0 Å². The molecule has 0 aliphatic rings. The zero-order valence-electron chi connectivity index (χ0n) is 31.3. The molecule has 0 unspecified atom stereocenters. The molecule has 0 aromatic heterocycles. The topological polar surface area (TPSA) is 82.1 Å². The van der Waals surface area contributed by atoms with Gasteiger partial charge < -0.3 is 19.3 Å². The highest BCUT2D eigenvalue weighted by Gasteiger charge is 2.15. The van der Waals surface area contributed by atoms with Crippen LogP contribution >= 0.6 is 0 Å². The minimum atomic E-state index is -0.875. The van der Waals surface area contributed by atoms with Crippen LogP contribution in [0.1, 0.15) is 213 Å². The van der Waals surface area contributed by atoms with Crippen LogP contribution in [0.5, 0.6) is 0 Å². The van der Waals surface area contributed by atoms with E-state index in [2.05, 4.69) is 13.8 Å². The normalized spacial score (nSPS) is 11.3. The van der Waals surface area contributed by atoms with Crippen LogP contribution in [0.15, 0.2) is 5.76 Å². The molecular weight excluding hydrogens is 588 g/mol. The molecule has 0 spiro atoms. The molecule has 47 heavy (non-hydrogen) atoms. The van der Waals surface area contributed by atoms with Gasteiger partial charge in [-0.3, -0.25) is 4.79 Å². The molecule has 0 amide bonds. The molecule has 0 radical (unpaired) electrons. The van der Waals surface area contributed by atoms with E-state index in [0.29, 0.717) is 32.8 Å². The summed E-state index contributed by atoms with van der Waals surface area (Å²) in [6.07, 6.45) is 37.4. The number of carboxylic acids is 1. The van der Waals surface area contributed by atoms with Gasteiger partial charge in [0.1, 0.15) is 6.10 Å². The highest BCUT2D eigenvalue weighted by Crippen LogP contribution is 2.15. The van der Waals surface area contributed by atoms with Gasteiger partial charge in [-0.15, -0.1) is 0 Å². The summed E-state index contributed by atoms with van der Waals surface area (Å²) in [4.78, 5) is 22.3. The van der Waals surface area contributed by atoms with Crippen molar-refractivity contribution in [3.63, 3.8) is 0 Å². The van der Waals surface area contributed by atoms with Crippen LogP contribution in [0, 0.1) is 0 Å².